The first kappa shape index (κ1) is 13.8. The van der Waals surface area contributed by atoms with Gasteiger partial charge >= 0.3 is 0 Å². The standard InChI is InChI=1S/C17H12N2O3S/c20-15-8-7-11(12-5-3-9-18-17(12)15)10-16-13-4-1-2-6-14(13)19-23(16,21)22/h1-10,19-20H. The van der Waals surface area contributed by atoms with Gasteiger partial charge in [-0.15, -0.1) is 0 Å². The molecule has 1 aliphatic rings. The van der Waals surface area contributed by atoms with Crippen LogP contribution in [0.25, 0.3) is 21.9 Å². The third-order valence-electron chi connectivity index (χ3n) is 3.80. The second kappa shape index (κ2) is 4.82. The van der Waals surface area contributed by atoms with Crippen LogP contribution in [0.2, 0.25) is 0 Å². The van der Waals surface area contributed by atoms with Gasteiger partial charge in [0.25, 0.3) is 10.0 Å². The number of aromatic nitrogens is 1. The Labute approximate surface area is 133 Å². The van der Waals surface area contributed by atoms with Crippen LogP contribution in [0.15, 0.2) is 54.7 Å². The average molecular weight is 324 g/mol. The molecule has 0 atom stereocenters. The second-order valence-corrected chi connectivity index (χ2v) is 6.88. The van der Waals surface area contributed by atoms with Crippen LogP contribution in [0.3, 0.4) is 0 Å². The highest BCUT2D eigenvalue weighted by Crippen LogP contribution is 2.38. The van der Waals surface area contributed by atoms with Gasteiger partial charge in [0.15, 0.2) is 0 Å². The minimum atomic E-state index is -3.59. The van der Waals surface area contributed by atoms with Crippen molar-refractivity contribution in [3.05, 3.63) is 65.9 Å². The van der Waals surface area contributed by atoms with Gasteiger partial charge in [-0.2, -0.15) is 0 Å². The summed E-state index contributed by atoms with van der Waals surface area (Å²) in [5.41, 5.74) is 2.33. The number of fused-ring (bicyclic) bond motifs is 2. The molecule has 1 aliphatic heterocycles. The molecule has 0 bridgehead atoms. The van der Waals surface area contributed by atoms with Gasteiger partial charge in [0, 0.05) is 17.1 Å². The number of nitrogens with one attached hydrogen (secondary N) is 1. The van der Waals surface area contributed by atoms with E-state index in [1.807, 2.05) is 0 Å². The molecule has 1 aromatic heterocycles. The number of pyridine rings is 1. The molecular formula is C17H12N2O3S. The maximum absolute atomic E-state index is 12.4. The third kappa shape index (κ3) is 2.15. The number of hydrogen-bond acceptors (Lipinski definition) is 4. The lowest BCUT2D eigenvalue weighted by Gasteiger charge is -2.05. The molecule has 0 saturated carbocycles. The molecule has 0 amide bonds. The zero-order chi connectivity index (χ0) is 16.0. The summed E-state index contributed by atoms with van der Waals surface area (Å²) in [4.78, 5) is 4.36. The monoisotopic (exact) mass is 324 g/mol. The number of phenols is 1. The zero-order valence-electron chi connectivity index (χ0n) is 11.9. The van der Waals surface area contributed by atoms with Gasteiger partial charge in [-0.1, -0.05) is 30.3 Å². The molecule has 0 unspecified atom stereocenters. The molecule has 23 heavy (non-hydrogen) atoms. The Kier molecular flexibility index (Phi) is 2.89. The second-order valence-electron chi connectivity index (χ2n) is 5.23. The maximum Gasteiger partial charge on any atom is 0.262 e. The number of phenolic OH excluding ortho intramolecular Hbond substituents is 1. The van der Waals surface area contributed by atoms with E-state index in [1.54, 1.807) is 54.7 Å². The van der Waals surface area contributed by atoms with Crippen LogP contribution in [0, 0.1) is 0 Å². The molecule has 3 aromatic rings. The molecule has 0 radical (unpaired) electrons. The number of hydrogen-bond donors (Lipinski definition) is 2. The molecule has 2 heterocycles. The summed E-state index contributed by atoms with van der Waals surface area (Å²) in [6.45, 7) is 0. The smallest absolute Gasteiger partial charge is 0.262 e. The lowest BCUT2D eigenvalue weighted by Crippen LogP contribution is -2.05. The van der Waals surface area contributed by atoms with Crippen molar-refractivity contribution in [1.29, 1.82) is 0 Å². The SMILES string of the molecule is O=S1(=O)Nc2ccccc2C1=Cc1ccc(O)c2ncccc12. The molecule has 0 saturated heterocycles. The Balaban J connectivity index is 2.00. The molecule has 0 aliphatic carbocycles. The van der Waals surface area contributed by atoms with Gasteiger partial charge in [0.1, 0.15) is 11.3 Å². The number of anilines is 1. The highest BCUT2D eigenvalue weighted by atomic mass is 32.2. The van der Waals surface area contributed by atoms with Gasteiger partial charge in [-0.05, 0) is 29.8 Å². The van der Waals surface area contributed by atoms with E-state index in [0.717, 1.165) is 0 Å². The summed E-state index contributed by atoms with van der Waals surface area (Å²) in [7, 11) is -3.59. The highest BCUT2D eigenvalue weighted by Gasteiger charge is 2.29. The van der Waals surface area contributed by atoms with Gasteiger partial charge in [0.2, 0.25) is 0 Å². The quantitative estimate of drug-likeness (QED) is 0.720. The Bertz CT molecular complexity index is 1070. The highest BCUT2D eigenvalue weighted by molar-refractivity contribution is 8.02. The number of benzene rings is 2. The first-order valence-corrected chi connectivity index (χ1v) is 8.45. The van der Waals surface area contributed by atoms with Gasteiger partial charge < -0.3 is 5.11 Å². The summed E-state index contributed by atoms with van der Waals surface area (Å²) in [6, 6.07) is 13.8. The lowest BCUT2D eigenvalue weighted by atomic mass is 10.1. The molecule has 2 N–H and O–H groups in total. The molecule has 0 spiro atoms. The Hall–Kier alpha value is -2.86. The Morgan fingerprint density at radius 2 is 1.87 bits per heavy atom. The van der Waals surface area contributed by atoms with Crippen molar-refractivity contribution in [3.8, 4) is 5.75 Å². The number of para-hydroxylation sites is 1. The van der Waals surface area contributed by atoms with E-state index in [4.69, 9.17) is 0 Å². The minimum absolute atomic E-state index is 0.0653. The molecule has 0 fully saturated rings. The van der Waals surface area contributed by atoms with E-state index < -0.39 is 10.0 Å². The number of rotatable bonds is 1. The van der Waals surface area contributed by atoms with Gasteiger partial charge in [-0.3, -0.25) is 9.71 Å². The lowest BCUT2D eigenvalue weighted by molar-refractivity contribution is 0.480. The van der Waals surface area contributed by atoms with E-state index in [0.29, 0.717) is 27.7 Å². The Morgan fingerprint density at radius 3 is 2.74 bits per heavy atom. The largest absolute Gasteiger partial charge is 0.506 e. The normalized spacial score (nSPS) is 17.1. The van der Waals surface area contributed by atoms with Crippen molar-refractivity contribution < 1.29 is 13.5 Å². The van der Waals surface area contributed by atoms with Crippen LogP contribution >= 0.6 is 0 Å². The Morgan fingerprint density at radius 1 is 1.04 bits per heavy atom. The number of nitrogens with zero attached hydrogens (tertiary/aromatic N) is 1. The average Bonchev–Trinajstić information content (AvgIpc) is 2.80. The van der Waals surface area contributed by atoms with Crippen LogP contribution in [-0.2, 0) is 10.0 Å². The van der Waals surface area contributed by atoms with E-state index in [9.17, 15) is 13.5 Å². The summed E-state index contributed by atoms with van der Waals surface area (Å²) in [5, 5.41) is 10.6. The van der Waals surface area contributed by atoms with Crippen LogP contribution in [0.4, 0.5) is 5.69 Å². The van der Waals surface area contributed by atoms with Crippen molar-refractivity contribution in [2.24, 2.45) is 0 Å². The first-order valence-electron chi connectivity index (χ1n) is 6.97. The molecule has 2 aromatic carbocycles. The van der Waals surface area contributed by atoms with Gasteiger partial charge in [-0.25, -0.2) is 8.42 Å². The van der Waals surface area contributed by atoms with Crippen molar-refractivity contribution in [1.82, 2.24) is 4.98 Å². The van der Waals surface area contributed by atoms with Crippen LogP contribution in [0.1, 0.15) is 11.1 Å². The van der Waals surface area contributed by atoms with Crippen molar-refractivity contribution in [3.63, 3.8) is 0 Å². The predicted octanol–water partition coefficient (Wildman–Crippen LogP) is 3.19. The summed E-state index contributed by atoms with van der Waals surface area (Å²) in [6.07, 6.45) is 3.19. The fourth-order valence-corrected chi connectivity index (χ4v) is 4.06. The van der Waals surface area contributed by atoms with E-state index in [2.05, 4.69) is 9.71 Å². The van der Waals surface area contributed by atoms with E-state index in [-0.39, 0.29) is 10.7 Å². The predicted molar refractivity (Wildman–Crippen MR) is 90.3 cm³/mol. The zero-order valence-corrected chi connectivity index (χ0v) is 12.7. The minimum Gasteiger partial charge on any atom is -0.506 e. The number of sulfonamides is 1. The summed E-state index contributed by atoms with van der Waals surface area (Å²) in [5.74, 6) is 0.0653. The van der Waals surface area contributed by atoms with Crippen LogP contribution in [-0.4, -0.2) is 18.5 Å². The third-order valence-corrected chi connectivity index (χ3v) is 5.20. The summed E-state index contributed by atoms with van der Waals surface area (Å²) >= 11 is 0. The van der Waals surface area contributed by atoms with Crippen LogP contribution < -0.4 is 4.72 Å². The number of aromatic hydroxyl groups is 1. The molecular weight excluding hydrogens is 312 g/mol. The fraction of sp³-hybridized carbons (Fsp3) is 0. The molecule has 114 valence electrons. The van der Waals surface area contributed by atoms with Crippen molar-refractivity contribution in [2.45, 2.75) is 0 Å². The maximum atomic E-state index is 12.4. The fourth-order valence-electron chi connectivity index (χ4n) is 2.73. The van der Waals surface area contributed by atoms with E-state index >= 15 is 0 Å². The topological polar surface area (TPSA) is 79.3 Å². The summed E-state index contributed by atoms with van der Waals surface area (Å²) < 4.78 is 27.3. The van der Waals surface area contributed by atoms with Crippen LogP contribution in [0.5, 0.6) is 5.75 Å². The van der Waals surface area contributed by atoms with Crippen molar-refractivity contribution in [2.75, 3.05) is 4.72 Å². The first-order chi connectivity index (χ1) is 11.1. The van der Waals surface area contributed by atoms with E-state index in [1.165, 1.54) is 6.07 Å². The van der Waals surface area contributed by atoms with Crippen molar-refractivity contribution >= 4 is 37.6 Å². The molecule has 5 nitrogen and oxygen atoms in total. The molecule has 4 rings (SSSR count). The van der Waals surface area contributed by atoms with Gasteiger partial charge in [0.05, 0.1) is 10.6 Å². The molecule has 6 heteroatoms.